The van der Waals surface area contributed by atoms with Crippen molar-refractivity contribution in [2.45, 2.75) is 0 Å². The fourth-order valence-electron chi connectivity index (χ4n) is 1.45. The molecule has 0 amide bonds. The van der Waals surface area contributed by atoms with Gasteiger partial charge in [0.05, 0.1) is 0 Å². The largest absolute Gasteiger partial charge is 0.477 e. The fraction of sp³-hybridized carbons (Fsp3) is 0. The third-order valence-electron chi connectivity index (χ3n) is 2.11. The first-order valence-electron chi connectivity index (χ1n) is 4.14. The Kier molecular flexibility index (Phi) is 2.00. The Hall–Kier alpha value is -2.17. The summed E-state index contributed by atoms with van der Waals surface area (Å²) in [5.41, 5.74) is -1.17. The second kappa shape index (κ2) is 3.20. The molecular formula is C10H6FNO3. The van der Waals surface area contributed by atoms with Gasteiger partial charge in [0.15, 0.2) is 0 Å². The van der Waals surface area contributed by atoms with Gasteiger partial charge in [-0.25, -0.2) is 9.18 Å². The van der Waals surface area contributed by atoms with Gasteiger partial charge in [0.2, 0.25) is 0 Å². The van der Waals surface area contributed by atoms with Crippen LogP contribution in [0.2, 0.25) is 0 Å². The average Bonchev–Trinajstić information content (AvgIpc) is 2.17. The lowest BCUT2D eigenvalue weighted by Crippen LogP contribution is -2.17. The Labute approximate surface area is 83.0 Å². The van der Waals surface area contributed by atoms with Gasteiger partial charge in [0.1, 0.15) is 11.4 Å². The van der Waals surface area contributed by atoms with Crippen LogP contribution in [0.3, 0.4) is 0 Å². The number of H-pyrrole nitrogens is 1. The highest BCUT2D eigenvalue weighted by Gasteiger charge is 2.14. The van der Waals surface area contributed by atoms with Crippen LogP contribution < -0.4 is 5.56 Å². The molecule has 0 aliphatic heterocycles. The molecule has 0 aliphatic rings. The van der Waals surface area contributed by atoms with Gasteiger partial charge in [-0.3, -0.25) is 4.79 Å². The number of carboxylic acid groups (broad SMARTS) is 1. The third-order valence-corrected chi connectivity index (χ3v) is 2.11. The molecule has 0 spiro atoms. The summed E-state index contributed by atoms with van der Waals surface area (Å²) in [5.74, 6) is -1.93. The molecule has 2 aromatic rings. The molecule has 15 heavy (non-hydrogen) atoms. The second-order valence-corrected chi connectivity index (χ2v) is 3.00. The van der Waals surface area contributed by atoms with Gasteiger partial charge in [-0.1, -0.05) is 12.1 Å². The van der Waals surface area contributed by atoms with Gasteiger partial charge in [-0.05, 0) is 6.07 Å². The molecule has 0 radical (unpaired) electrons. The number of rotatable bonds is 1. The number of halogens is 1. The number of aromatic amines is 1. The molecule has 5 heteroatoms. The van der Waals surface area contributed by atoms with Gasteiger partial charge in [-0.2, -0.15) is 0 Å². The van der Waals surface area contributed by atoms with Crippen molar-refractivity contribution in [2.24, 2.45) is 0 Å². The Morgan fingerprint density at radius 3 is 2.73 bits per heavy atom. The minimum atomic E-state index is -1.37. The smallest absolute Gasteiger partial charge is 0.341 e. The van der Waals surface area contributed by atoms with Gasteiger partial charge < -0.3 is 10.1 Å². The van der Waals surface area contributed by atoms with Gasteiger partial charge in [-0.15, -0.1) is 0 Å². The van der Waals surface area contributed by atoms with Crippen LogP contribution in [0.4, 0.5) is 4.39 Å². The molecule has 1 aromatic heterocycles. The maximum atomic E-state index is 13.2. The van der Waals surface area contributed by atoms with E-state index in [2.05, 4.69) is 4.98 Å². The Bertz CT molecular complexity index is 603. The molecule has 76 valence electrons. The quantitative estimate of drug-likeness (QED) is 0.741. The van der Waals surface area contributed by atoms with Crippen molar-refractivity contribution in [1.29, 1.82) is 0 Å². The summed E-state index contributed by atoms with van der Waals surface area (Å²) < 4.78 is 13.2. The number of fused-ring (bicyclic) bond motifs is 1. The second-order valence-electron chi connectivity index (χ2n) is 3.00. The Morgan fingerprint density at radius 1 is 1.33 bits per heavy atom. The summed E-state index contributed by atoms with van der Waals surface area (Å²) in [4.78, 5) is 24.2. The fourth-order valence-corrected chi connectivity index (χ4v) is 1.45. The predicted molar refractivity (Wildman–Crippen MR) is 51.5 cm³/mol. The van der Waals surface area contributed by atoms with Crippen molar-refractivity contribution in [2.75, 3.05) is 0 Å². The zero-order valence-electron chi connectivity index (χ0n) is 7.45. The topological polar surface area (TPSA) is 70.2 Å². The number of carbonyl (C=O) groups is 1. The van der Waals surface area contributed by atoms with E-state index in [1.807, 2.05) is 0 Å². The minimum absolute atomic E-state index is 0.0921. The molecule has 0 saturated carbocycles. The average molecular weight is 207 g/mol. The zero-order valence-corrected chi connectivity index (χ0v) is 7.45. The SMILES string of the molecule is O=C(O)c1c(=O)[nH]cc2c(F)cccc12. The van der Waals surface area contributed by atoms with Crippen LogP contribution >= 0.6 is 0 Å². The number of carboxylic acids is 1. The number of benzene rings is 1. The lowest BCUT2D eigenvalue weighted by molar-refractivity contribution is 0.0697. The van der Waals surface area contributed by atoms with Crippen LogP contribution in [0.5, 0.6) is 0 Å². The van der Waals surface area contributed by atoms with E-state index in [9.17, 15) is 14.0 Å². The third kappa shape index (κ3) is 1.38. The predicted octanol–water partition coefficient (Wildman–Crippen LogP) is 1.37. The van der Waals surface area contributed by atoms with Crippen molar-refractivity contribution in [3.63, 3.8) is 0 Å². The molecular weight excluding hydrogens is 201 g/mol. The molecule has 4 nitrogen and oxygen atoms in total. The summed E-state index contributed by atoms with van der Waals surface area (Å²) in [6, 6.07) is 3.97. The monoisotopic (exact) mass is 207 g/mol. The first kappa shape index (κ1) is 9.39. The van der Waals surface area contributed by atoms with E-state index < -0.39 is 22.9 Å². The molecule has 0 unspecified atom stereocenters. The Balaban J connectivity index is 3.01. The Morgan fingerprint density at radius 2 is 2.07 bits per heavy atom. The van der Waals surface area contributed by atoms with Crippen LogP contribution in [-0.2, 0) is 0 Å². The normalized spacial score (nSPS) is 10.5. The van der Waals surface area contributed by atoms with Gasteiger partial charge >= 0.3 is 5.97 Å². The summed E-state index contributed by atoms with van der Waals surface area (Å²) in [6.45, 7) is 0. The van der Waals surface area contributed by atoms with E-state index in [4.69, 9.17) is 5.11 Å². The molecule has 0 bridgehead atoms. The molecule has 0 aliphatic carbocycles. The first-order chi connectivity index (χ1) is 7.11. The van der Waals surface area contributed by atoms with E-state index in [0.717, 1.165) is 0 Å². The minimum Gasteiger partial charge on any atom is -0.477 e. The molecule has 2 N–H and O–H groups in total. The van der Waals surface area contributed by atoms with E-state index in [1.165, 1.54) is 24.4 Å². The van der Waals surface area contributed by atoms with Gasteiger partial charge in [0, 0.05) is 17.0 Å². The van der Waals surface area contributed by atoms with Crippen molar-refractivity contribution in [3.05, 3.63) is 46.1 Å². The molecule has 0 saturated heterocycles. The standard InChI is InChI=1S/C10H6FNO3/c11-7-3-1-2-5-6(7)4-12-9(13)8(5)10(14)15/h1-4H,(H,12,13)(H,14,15). The molecule has 0 fully saturated rings. The van der Waals surface area contributed by atoms with Crippen molar-refractivity contribution < 1.29 is 14.3 Å². The number of hydrogen-bond acceptors (Lipinski definition) is 2. The van der Waals surface area contributed by atoms with Crippen LogP contribution in [0.25, 0.3) is 10.8 Å². The highest BCUT2D eigenvalue weighted by atomic mass is 19.1. The molecule has 0 atom stereocenters. The lowest BCUT2D eigenvalue weighted by Gasteiger charge is -2.01. The van der Waals surface area contributed by atoms with Crippen molar-refractivity contribution >= 4 is 16.7 Å². The number of aromatic carboxylic acids is 1. The highest BCUT2D eigenvalue weighted by Crippen LogP contribution is 2.17. The first-order valence-corrected chi connectivity index (χ1v) is 4.14. The maximum absolute atomic E-state index is 13.2. The zero-order chi connectivity index (χ0) is 11.0. The van der Waals surface area contributed by atoms with E-state index in [1.54, 1.807) is 0 Å². The van der Waals surface area contributed by atoms with Crippen LogP contribution in [0, 0.1) is 5.82 Å². The highest BCUT2D eigenvalue weighted by molar-refractivity contribution is 6.02. The van der Waals surface area contributed by atoms with E-state index >= 15 is 0 Å². The summed E-state index contributed by atoms with van der Waals surface area (Å²) >= 11 is 0. The summed E-state index contributed by atoms with van der Waals surface area (Å²) in [7, 11) is 0. The lowest BCUT2D eigenvalue weighted by atomic mass is 10.1. The molecule has 2 rings (SSSR count). The number of pyridine rings is 1. The van der Waals surface area contributed by atoms with E-state index in [0.29, 0.717) is 0 Å². The summed E-state index contributed by atoms with van der Waals surface area (Å²) in [6.07, 6.45) is 1.17. The molecule has 1 aromatic carbocycles. The van der Waals surface area contributed by atoms with Crippen molar-refractivity contribution in [1.82, 2.24) is 4.98 Å². The van der Waals surface area contributed by atoms with Crippen LogP contribution in [0.1, 0.15) is 10.4 Å². The molecule has 1 heterocycles. The van der Waals surface area contributed by atoms with E-state index in [-0.39, 0.29) is 10.8 Å². The number of hydrogen-bond donors (Lipinski definition) is 2. The number of nitrogens with one attached hydrogen (secondary N) is 1. The van der Waals surface area contributed by atoms with Gasteiger partial charge in [0.25, 0.3) is 5.56 Å². The maximum Gasteiger partial charge on any atom is 0.341 e. The summed E-state index contributed by atoms with van der Waals surface area (Å²) in [5, 5.41) is 9.01. The van der Waals surface area contributed by atoms with Crippen molar-refractivity contribution in [3.8, 4) is 0 Å². The number of aromatic nitrogens is 1. The van der Waals surface area contributed by atoms with Crippen LogP contribution in [-0.4, -0.2) is 16.1 Å². The van der Waals surface area contributed by atoms with Crippen LogP contribution in [0.15, 0.2) is 29.2 Å².